The highest BCUT2D eigenvalue weighted by Gasteiger charge is 2.16. The topological polar surface area (TPSA) is 48.4 Å². The van der Waals surface area contributed by atoms with Gasteiger partial charge < -0.3 is 9.47 Å². The van der Waals surface area contributed by atoms with E-state index in [1.807, 2.05) is 0 Å². The third-order valence-electron chi connectivity index (χ3n) is 2.68. The van der Waals surface area contributed by atoms with Gasteiger partial charge in [0.05, 0.1) is 19.8 Å². The quantitative estimate of drug-likeness (QED) is 0.809. The van der Waals surface area contributed by atoms with Crippen LogP contribution in [-0.4, -0.2) is 25.2 Å². The molecule has 0 saturated carbocycles. The van der Waals surface area contributed by atoms with Crippen molar-refractivity contribution in [2.75, 3.05) is 14.2 Å². The first-order valence-electron chi connectivity index (χ1n) is 5.53. The van der Waals surface area contributed by atoms with Gasteiger partial charge in [-0.3, -0.25) is 4.98 Å². The van der Waals surface area contributed by atoms with Crippen LogP contribution in [0.2, 0.25) is 5.02 Å². The van der Waals surface area contributed by atoms with Crippen LogP contribution in [-0.2, 0) is 4.74 Å². The van der Waals surface area contributed by atoms with Crippen LogP contribution in [0, 0.1) is 0 Å². The number of nitrogens with zero attached hydrogens (tertiary/aromatic N) is 1. The number of halogens is 1. The van der Waals surface area contributed by atoms with E-state index in [0.717, 1.165) is 0 Å². The lowest BCUT2D eigenvalue weighted by atomic mass is 10.0. The minimum Gasteiger partial charge on any atom is -0.496 e. The fraction of sp³-hybridized carbons (Fsp3) is 0.143. The maximum absolute atomic E-state index is 11.8. The van der Waals surface area contributed by atoms with Gasteiger partial charge in [0, 0.05) is 28.5 Å². The molecule has 0 unspecified atom stereocenters. The highest BCUT2D eigenvalue weighted by molar-refractivity contribution is 6.31. The average Bonchev–Trinajstić information content (AvgIpc) is 2.46. The highest BCUT2D eigenvalue weighted by Crippen LogP contribution is 2.34. The van der Waals surface area contributed by atoms with Gasteiger partial charge in [-0.1, -0.05) is 11.6 Å². The van der Waals surface area contributed by atoms with Crippen molar-refractivity contribution in [3.05, 3.63) is 47.2 Å². The number of methoxy groups -OCH3 is 2. The van der Waals surface area contributed by atoms with E-state index in [-0.39, 0.29) is 0 Å². The zero-order valence-corrected chi connectivity index (χ0v) is 11.3. The van der Waals surface area contributed by atoms with Crippen molar-refractivity contribution in [2.24, 2.45) is 0 Å². The molecule has 0 fully saturated rings. The summed E-state index contributed by atoms with van der Waals surface area (Å²) in [6.45, 7) is 0. The largest absolute Gasteiger partial charge is 0.496 e. The second kappa shape index (κ2) is 5.71. The lowest BCUT2D eigenvalue weighted by Gasteiger charge is -2.11. The zero-order chi connectivity index (χ0) is 13.8. The van der Waals surface area contributed by atoms with Crippen LogP contribution >= 0.6 is 11.6 Å². The van der Waals surface area contributed by atoms with E-state index in [1.54, 1.807) is 37.6 Å². The number of aromatic nitrogens is 1. The van der Waals surface area contributed by atoms with Gasteiger partial charge >= 0.3 is 5.97 Å². The van der Waals surface area contributed by atoms with Crippen LogP contribution in [0.4, 0.5) is 0 Å². The second-order valence-electron chi connectivity index (χ2n) is 3.76. The molecule has 0 spiro atoms. The summed E-state index contributed by atoms with van der Waals surface area (Å²) in [6, 6.07) is 6.79. The number of benzene rings is 1. The van der Waals surface area contributed by atoms with Gasteiger partial charge in [0.1, 0.15) is 5.75 Å². The summed E-state index contributed by atoms with van der Waals surface area (Å²) in [4.78, 5) is 15.8. The number of ether oxygens (including phenoxy) is 2. The number of hydrogen-bond donors (Lipinski definition) is 0. The second-order valence-corrected chi connectivity index (χ2v) is 4.19. The summed E-state index contributed by atoms with van der Waals surface area (Å²) in [6.07, 6.45) is 3.12. The van der Waals surface area contributed by atoms with Crippen molar-refractivity contribution in [3.8, 4) is 16.9 Å². The normalized spacial score (nSPS) is 10.1. The third-order valence-corrected chi connectivity index (χ3v) is 2.91. The number of carbonyl (C=O) groups excluding carboxylic acids is 1. The molecule has 5 heteroatoms. The number of esters is 1. The Morgan fingerprint density at radius 1 is 1.21 bits per heavy atom. The molecule has 0 bridgehead atoms. The first kappa shape index (κ1) is 13.4. The lowest BCUT2D eigenvalue weighted by molar-refractivity contribution is 0.0601. The molecule has 0 aliphatic heterocycles. The monoisotopic (exact) mass is 277 g/mol. The molecule has 1 heterocycles. The third kappa shape index (κ3) is 2.69. The van der Waals surface area contributed by atoms with Gasteiger partial charge in [-0.15, -0.1) is 0 Å². The number of pyridine rings is 1. The molecular weight excluding hydrogens is 266 g/mol. The Kier molecular flexibility index (Phi) is 4.02. The molecule has 4 nitrogen and oxygen atoms in total. The van der Waals surface area contributed by atoms with Crippen molar-refractivity contribution in [3.63, 3.8) is 0 Å². The summed E-state index contributed by atoms with van der Waals surface area (Å²) in [5.41, 5.74) is 1.73. The average molecular weight is 278 g/mol. The molecule has 98 valence electrons. The molecular formula is C14H12ClNO3. The molecule has 2 rings (SSSR count). The molecule has 0 atom stereocenters. The summed E-state index contributed by atoms with van der Waals surface area (Å²) >= 11 is 6.00. The van der Waals surface area contributed by atoms with Crippen LogP contribution in [0.1, 0.15) is 10.4 Å². The van der Waals surface area contributed by atoms with E-state index in [0.29, 0.717) is 27.5 Å². The molecule has 0 saturated heterocycles. The number of carbonyl (C=O) groups is 1. The van der Waals surface area contributed by atoms with Crippen molar-refractivity contribution >= 4 is 17.6 Å². The van der Waals surface area contributed by atoms with Gasteiger partial charge in [0.25, 0.3) is 0 Å². The summed E-state index contributed by atoms with van der Waals surface area (Å²) in [5, 5.41) is 0.551. The molecule has 0 aliphatic carbocycles. The molecule has 1 aromatic heterocycles. The number of hydrogen-bond acceptors (Lipinski definition) is 4. The van der Waals surface area contributed by atoms with Gasteiger partial charge in [0.15, 0.2) is 0 Å². The zero-order valence-electron chi connectivity index (χ0n) is 10.5. The van der Waals surface area contributed by atoms with Crippen LogP contribution in [0.5, 0.6) is 5.75 Å². The molecule has 0 amide bonds. The summed E-state index contributed by atoms with van der Waals surface area (Å²) < 4.78 is 10.0. The maximum Gasteiger partial charge on any atom is 0.338 e. The molecule has 1 aromatic carbocycles. The van der Waals surface area contributed by atoms with Crippen LogP contribution < -0.4 is 4.74 Å². The molecule has 0 aliphatic rings. The predicted molar refractivity (Wildman–Crippen MR) is 72.6 cm³/mol. The fourth-order valence-electron chi connectivity index (χ4n) is 1.79. The van der Waals surface area contributed by atoms with Crippen molar-refractivity contribution in [1.29, 1.82) is 0 Å². The van der Waals surface area contributed by atoms with E-state index in [4.69, 9.17) is 21.1 Å². The van der Waals surface area contributed by atoms with Gasteiger partial charge in [-0.2, -0.15) is 0 Å². The Morgan fingerprint density at radius 3 is 2.68 bits per heavy atom. The maximum atomic E-state index is 11.8. The molecule has 0 radical (unpaired) electrons. The molecule has 19 heavy (non-hydrogen) atoms. The van der Waals surface area contributed by atoms with E-state index in [1.165, 1.54) is 13.3 Å². The standard InChI is InChI=1S/C14H12ClNO3/c1-18-13-4-3-9(15)7-11(13)12-8-16-6-5-10(12)14(17)19-2/h3-8H,1-2H3. The lowest BCUT2D eigenvalue weighted by Crippen LogP contribution is -2.04. The number of rotatable bonds is 3. The Hall–Kier alpha value is -2.07. The predicted octanol–water partition coefficient (Wildman–Crippen LogP) is 3.20. The Balaban J connectivity index is 2.65. The Morgan fingerprint density at radius 2 is 2.00 bits per heavy atom. The van der Waals surface area contributed by atoms with Crippen molar-refractivity contribution in [2.45, 2.75) is 0 Å². The van der Waals surface area contributed by atoms with E-state index in [9.17, 15) is 4.79 Å². The summed E-state index contributed by atoms with van der Waals surface area (Å²) in [5.74, 6) is 0.182. The van der Waals surface area contributed by atoms with Gasteiger partial charge in [0.2, 0.25) is 0 Å². The highest BCUT2D eigenvalue weighted by atomic mass is 35.5. The molecule has 0 N–H and O–H groups in total. The van der Waals surface area contributed by atoms with E-state index >= 15 is 0 Å². The van der Waals surface area contributed by atoms with Gasteiger partial charge in [-0.25, -0.2) is 4.79 Å². The summed E-state index contributed by atoms with van der Waals surface area (Å²) in [7, 11) is 2.89. The van der Waals surface area contributed by atoms with E-state index < -0.39 is 5.97 Å². The Bertz CT molecular complexity index is 613. The van der Waals surface area contributed by atoms with Crippen LogP contribution in [0.15, 0.2) is 36.7 Å². The molecule has 2 aromatic rings. The Labute approximate surface area is 115 Å². The smallest absolute Gasteiger partial charge is 0.338 e. The van der Waals surface area contributed by atoms with Crippen LogP contribution in [0.25, 0.3) is 11.1 Å². The van der Waals surface area contributed by atoms with Gasteiger partial charge in [-0.05, 0) is 24.3 Å². The SMILES string of the molecule is COC(=O)c1ccncc1-c1cc(Cl)ccc1OC. The first-order chi connectivity index (χ1) is 9.17. The van der Waals surface area contributed by atoms with Crippen molar-refractivity contribution < 1.29 is 14.3 Å². The van der Waals surface area contributed by atoms with E-state index in [2.05, 4.69) is 4.98 Å². The minimum absolute atomic E-state index is 0.415. The fourth-order valence-corrected chi connectivity index (χ4v) is 1.96. The first-order valence-corrected chi connectivity index (χ1v) is 5.91. The van der Waals surface area contributed by atoms with Crippen molar-refractivity contribution in [1.82, 2.24) is 4.98 Å². The minimum atomic E-state index is -0.431. The van der Waals surface area contributed by atoms with Crippen LogP contribution in [0.3, 0.4) is 0 Å².